The average molecular weight is 463 g/mol. The Balaban J connectivity index is 2.25. The molecule has 0 radical (unpaired) electrons. The Morgan fingerprint density at radius 3 is 0.920 bits per heavy atom. The summed E-state index contributed by atoms with van der Waals surface area (Å²) in [5.74, 6) is -2.66. The molecule has 0 unspecified atom stereocenters. The molecule has 0 N–H and O–H groups in total. The van der Waals surface area contributed by atoms with E-state index in [0.29, 0.717) is 25.7 Å². The zero-order valence-electron chi connectivity index (χ0n) is 14.3. The summed E-state index contributed by atoms with van der Waals surface area (Å²) in [5.41, 5.74) is 0. The summed E-state index contributed by atoms with van der Waals surface area (Å²) in [6.45, 7) is 0. The van der Waals surface area contributed by atoms with Gasteiger partial charge in [-0.05, 0) is 0 Å². The van der Waals surface area contributed by atoms with Gasteiger partial charge in [0, 0.05) is 0 Å². The Morgan fingerprint density at radius 2 is 0.680 bits per heavy atom. The van der Waals surface area contributed by atoms with Gasteiger partial charge in [0.1, 0.15) is 0 Å². The fourth-order valence-electron chi connectivity index (χ4n) is 2.67. The number of carbonyl (C=O) groups is 4. The molecule has 9 heteroatoms. The first-order chi connectivity index (χ1) is 12.0. The molecular formula is C16H24O8Sn. The van der Waals surface area contributed by atoms with Crippen molar-refractivity contribution in [2.24, 2.45) is 0 Å². The van der Waals surface area contributed by atoms with E-state index in [2.05, 4.69) is 0 Å². The number of hydrogen-bond acceptors (Lipinski definition) is 8. The molecule has 2 rings (SSSR count). The summed E-state index contributed by atoms with van der Waals surface area (Å²) in [6, 6.07) is 0. The van der Waals surface area contributed by atoms with Gasteiger partial charge in [0.2, 0.25) is 0 Å². The van der Waals surface area contributed by atoms with Crippen LogP contribution in [-0.2, 0) is 31.5 Å². The van der Waals surface area contributed by atoms with E-state index < -0.39 is 43.9 Å². The van der Waals surface area contributed by atoms with E-state index in [9.17, 15) is 19.2 Å². The van der Waals surface area contributed by atoms with Crippen LogP contribution in [0.4, 0.5) is 0 Å². The molecule has 25 heavy (non-hydrogen) atoms. The normalized spacial score (nSPS) is 24.0. The second kappa shape index (κ2) is 9.98. The SMILES string of the molecule is O=C1CCCCCCC(=O)[O][Sn]2([O]1)[O]C(=O)CCCCCCC(=O)[O]2. The van der Waals surface area contributed by atoms with Crippen LogP contribution in [0.3, 0.4) is 0 Å². The van der Waals surface area contributed by atoms with Crippen LogP contribution < -0.4 is 0 Å². The van der Waals surface area contributed by atoms with E-state index in [4.69, 9.17) is 12.3 Å². The van der Waals surface area contributed by atoms with Gasteiger partial charge in [0.15, 0.2) is 0 Å². The van der Waals surface area contributed by atoms with Crippen LogP contribution in [0, 0.1) is 0 Å². The van der Waals surface area contributed by atoms with Crippen molar-refractivity contribution in [3.63, 3.8) is 0 Å². The Morgan fingerprint density at radius 1 is 0.440 bits per heavy atom. The van der Waals surface area contributed by atoms with Crippen LogP contribution in [0.25, 0.3) is 0 Å². The third kappa shape index (κ3) is 7.21. The Kier molecular flexibility index (Phi) is 7.98. The van der Waals surface area contributed by atoms with Crippen molar-refractivity contribution in [2.75, 3.05) is 0 Å². The van der Waals surface area contributed by atoms with E-state index in [1.807, 2.05) is 0 Å². The van der Waals surface area contributed by atoms with Gasteiger partial charge in [-0.3, -0.25) is 0 Å². The maximum atomic E-state index is 12.1. The van der Waals surface area contributed by atoms with Gasteiger partial charge in [0.25, 0.3) is 0 Å². The standard InChI is InChI=1S/2C8H14O4.Sn/c2*9-7(10)5-3-1-2-4-6-8(11)12;/h2*1-6H2,(H,9,10)(H,11,12);/q;;+4/p-4. The molecule has 2 heterocycles. The van der Waals surface area contributed by atoms with Crippen molar-refractivity contribution in [2.45, 2.75) is 77.0 Å². The fourth-order valence-corrected chi connectivity index (χ4v) is 7.73. The molecule has 2 aliphatic heterocycles. The quantitative estimate of drug-likeness (QED) is 0.505. The summed E-state index contributed by atoms with van der Waals surface area (Å²) < 4.78 is 20.9. The van der Waals surface area contributed by atoms with E-state index in [0.717, 1.165) is 25.7 Å². The zero-order chi connectivity index (χ0) is 18.1. The minimum atomic E-state index is -5.45. The van der Waals surface area contributed by atoms with Crippen LogP contribution in [0.5, 0.6) is 0 Å². The van der Waals surface area contributed by atoms with Crippen LogP contribution in [0.15, 0.2) is 0 Å². The van der Waals surface area contributed by atoms with Gasteiger partial charge in [-0.2, -0.15) is 0 Å². The molecule has 0 aliphatic carbocycles. The van der Waals surface area contributed by atoms with Crippen molar-refractivity contribution in [3.8, 4) is 0 Å². The van der Waals surface area contributed by atoms with Gasteiger partial charge >= 0.3 is 152 Å². The van der Waals surface area contributed by atoms with Crippen molar-refractivity contribution in [3.05, 3.63) is 0 Å². The van der Waals surface area contributed by atoms with Gasteiger partial charge < -0.3 is 0 Å². The minimum absolute atomic E-state index is 0.103. The topological polar surface area (TPSA) is 105 Å². The molecule has 1 spiro atoms. The van der Waals surface area contributed by atoms with Gasteiger partial charge in [-0.1, -0.05) is 0 Å². The van der Waals surface area contributed by atoms with Crippen LogP contribution >= 0.6 is 0 Å². The molecule has 0 atom stereocenters. The third-order valence-electron chi connectivity index (χ3n) is 3.98. The maximum absolute atomic E-state index is 12.1. The van der Waals surface area contributed by atoms with Crippen molar-refractivity contribution >= 4 is 43.9 Å². The van der Waals surface area contributed by atoms with E-state index in [-0.39, 0.29) is 25.7 Å². The molecule has 2 aliphatic rings. The molecular weight excluding hydrogens is 439 g/mol. The predicted molar refractivity (Wildman–Crippen MR) is 85.5 cm³/mol. The van der Waals surface area contributed by atoms with Crippen molar-refractivity contribution in [1.29, 1.82) is 0 Å². The van der Waals surface area contributed by atoms with E-state index in [1.165, 1.54) is 0 Å². The molecule has 0 amide bonds. The van der Waals surface area contributed by atoms with Gasteiger partial charge in [0.05, 0.1) is 0 Å². The zero-order valence-corrected chi connectivity index (χ0v) is 17.1. The molecule has 0 aromatic rings. The number of hydrogen-bond donors (Lipinski definition) is 0. The second-order valence-corrected chi connectivity index (χ2v) is 11.4. The molecule has 0 saturated carbocycles. The molecule has 140 valence electrons. The first-order valence-electron chi connectivity index (χ1n) is 8.86. The fraction of sp³-hybridized carbons (Fsp3) is 0.750. The first-order valence-corrected chi connectivity index (χ1v) is 13.5. The van der Waals surface area contributed by atoms with Crippen molar-refractivity contribution < 1.29 is 31.5 Å². The predicted octanol–water partition coefficient (Wildman–Crippen LogP) is 2.30. The molecule has 0 aromatic carbocycles. The first kappa shape index (κ1) is 20.0. The summed E-state index contributed by atoms with van der Waals surface area (Å²) >= 11 is -5.45. The molecule has 2 saturated heterocycles. The molecule has 0 bridgehead atoms. The Labute approximate surface area is 152 Å². The van der Waals surface area contributed by atoms with E-state index >= 15 is 0 Å². The van der Waals surface area contributed by atoms with Crippen LogP contribution in [-0.4, -0.2) is 43.9 Å². The third-order valence-corrected chi connectivity index (χ3v) is 9.43. The number of carbonyl (C=O) groups excluding carboxylic acids is 4. The molecule has 2 fully saturated rings. The second-order valence-electron chi connectivity index (χ2n) is 6.22. The monoisotopic (exact) mass is 464 g/mol. The Bertz CT molecular complexity index is 425. The Hall–Kier alpha value is -1.32. The van der Waals surface area contributed by atoms with Crippen LogP contribution in [0.2, 0.25) is 0 Å². The summed E-state index contributed by atoms with van der Waals surface area (Å²) in [5, 5.41) is 0. The molecule has 0 aromatic heterocycles. The summed E-state index contributed by atoms with van der Waals surface area (Å²) in [7, 11) is 0. The molecule has 8 nitrogen and oxygen atoms in total. The summed E-state index contributed by atoms with van der Waals surface area (Å²) in [4.78, 5) is 48.3. The average Bonchev–Trinajstić information content (AvgIpc) is 2.57. The van der Waals surface area contributed by atoms with Crippen LogP contribution in [0.1, 0.15) is 77.0 Å². The number of rotatable bonds is 0. The van der Waals surface area contributed by atoms with Gasteiger partial charge in [-0.25, -0.2) is 0 Å². The van der Waals surface area contributed by atoms with Crippen molar-refractivity contribution in [1.82, 2.24) is 0 Å². The summed E-state index contributed by atoms with van der Waals surface area (Å²) in [6.07, 6.45) is 5.92. The van der Waals surface area contributed by atoms with E-state index in [1.54, 1.807) is 0 Å². The van der Waals surface area contributed by atoms with Gasteiger partial charge in [-0.15, -0.1) is 0 Å².